The number of hydrogen-bond acceptors (Lipinski definition) is 14. The van der Waals surface area contributed by atoms with Crippen molar-refractivity contribution in [3.8, 4) is 0 Å². The molecule has 0 aliphatic carbocycles. The van der Waals surface area contributed by atoms with Gasteiger partial charge in [0, 0.05) is 42.7 Å². The lowest BCUT2D eigenvalue weighted by molar-refractivity contribution is -0.0980. The van der Waals surface area contributed by atoms with Crippen LogP contribution in [0.15, 0.2) is 0 Å². The van der Waals surface area contributed by atoms with E-state index in [1.807, 2.05) is 6.79 Å². The molecule has 0 saturated carbocycles. The normalized spacial score (nSPS) is 9.76. The molecule has 0 aliphatic rings. The maximum Gasteiger partial charge on any atom is 0.309 e. The summed E-state index contributed by atoms with van der Waals surface area (Å²) in [5, 5.41) is 0. The number of primary amides is 2. The van der Waals surface area contributed by atoms with Crippen molar-refractivity contribution in [1.29, 1.82) is 0 Å². The summed E-state index contributed by atoms with van der Waals surface area (Å²) in [7, 11) is 9.48. The summed E-state index contributed by atoms with van der Waals surface area (Å²) in [6, 6.07) is -0.833. The highest BCUT2D eigenvalue weighted by Gasteiger charge is 2.20. The fourth-order valence-electron chi connectivity index (χ4n) is 2.16. The van der Waals surface area contributed by atoms with Crippen LogP contribution in [-0.4, -0.2) is 111 Å². The highest BCUT2D eigenvalue weighted by Crippen LogP contribution is 2.19. The number of carbonyl (C=O) groups excluding carboxylic acids is 2. The third kappa shape index (κ3) is 14.0. The van der Waals surface area contributed by atoms with Crippen LogP contribution in [0.3, 0.4) is 0 Å². The third-order valence-electron chi connectivity index (χ3n) is 3.16. The van der Waals surface area contributed by atoms with Crippen LogP contribution in [-0.2, 0) is 33.2 Å². The molecule has 1 rings (SSSR count). The number of nitrogens with two attached hydrogens (primary N) is 2. The molecule has 0 spiro atoms. The fourth-order valence-corrected chi connectivity index (χ4v) is 2.16. The van der Waals surface area contributed by atoms with Crippen molar-refractivity contribution in [3.63, 3.8) is 0 Å². The average molecular weight is 481 g/mol. The minimum atomic E-state index is -0.833. The van der Waals surface area contributed by atoms with Gasteiger partial charge in [-0.3, -0.25) is 14.7 Å². The summed E-state index contributed by atoms with van der Waals surface area (Å²) in [5.41, 5.74) is 8.50. The lowest BCUT2D eigenvalue weighted by atomic mass is 10.6. The highest BCUT2D eigenvalue weighted by molar-refractivity contribution is 5.69. The number of anilines is 3. The second-order valence-electron chi connectivity index (χ2n) is 5.76. The molecule has 0 atom stereocenters. The first kappa shape index (κ1) is 32.3. The second-order valence-corrected chi connectivity index (χ2v) is 5.76. The molecular weight excluding hydrogens is 444 g/mol. The molecule has 1 aromatic rings. The van der Waals surface area contributed by atoms with Crippen molar-refractivity contribution < 1.29 is 38.0 Å². The van der Waals surface area contributed by atoms with E-state index in [1.165, 1.54) is 0 Å². The number of methoxy groups -OCH3 is 6. The standard InChI is InChI=1S/C15H30N6O6.CH4N2O.CH2O/c1-22-7-19(8-23-2)13-16-14(20(9-24-3)10-25-4)18-15(17-13)21(11-26-5)12-27-6;2-1(3)4;1-2/h7-12H2,1-6H3;(H4,2,3,4);1H2. The summed E-state index contributed by atoms with van der Waals surface area (Å²) >= 11 is 0. The number of hydrogen-bond donors (Lipinski definition) is 2. The van der Waals surface area contributed by atoms with Gasteiger partial charge < -0.3 is 44.7 Å². The average Bonchev–Trinajstić information content (AvgIpc) is 2.79. The van der Waals surface area contributed by atoms with Gasteiger partial charge >= 0.3 is 6.03 Å². The van der Waals surface area contributed by atoms with Crippen molar-refractivity contribution in [2.75, 3.05) is 97.7 Å². The lowest BCUT2D eigenvalue weighted by Gasteiger charge is -2.27. The molecule has 1 aromatic heterocycles. The predicted molar refractivity (Wildman–Crippen MR) is 119 cm³/mol. The SMILES string of the molecule is C=O.COCN(COC)c1nc(N(COC)COC)nc(N(COC)COC)n1.NC(N)=O. The number of carbonyl (C=O) groups is 2. The summed E-state index contributed by atoms with van der Waals surface area (Å²) in [6.07, 6.45) is 0. The number of rotatable bonds is 15. The molecule has 0 unspecified atom stereocenters. The lowest BCUT2D eigenvalue weighted by Crippen LogP contribution is -2.36. The molecule has 16 nitrogen and oxygen atoms in total. The molecule has 0 aliphatic heterocycles. The Balaban J connectivity index is 0. The van der Waals surface area contributed by atoms with E-state index in [1.54, 1.807) is 57.4 Å². The van der Waals surface area contributed by atoms with Gasteiger partial charge in [0.1, 0.15) is 47.2 Å². The number of aromatic nitrogens is 3. The molecular formula is C17H36N8O8. The Morgan fingerprint density at radius 3 is 0.879 bits per heavy atom. The Kier molecular flexibility index (Phi) is 20.5. The van der Waals surface area contributed by atoms with E-state index >= 15 is 0 Å². The van der Waals surface area contributed by atoms with E-state index in [4.69, 9.17) is 38.0 Å². The minimum absolute atomic E-state index is 0.236. The van der Waals surface area contributed by atoms with Gasteiger partial charge in [-0.05, 0) is 0 Å². The molecule has 0 saturated heterocycles. The zero-order valence-electron chi connectivity index (χ0n) is 20.1. The first-order chi connectivity index (χ1) is 15.9. The van der Waals surface area contributed by atoms with Crippen LogP contribution < -0.4 is 26.2 Å². The summed E-state index contributed by atoms with van der Waals surface area (Å²) in [6.45, 7) is 3.42. The minimum Gasteiger partial charge on any atom is -0.364 e. The van der Waals surface area contributed by atoms with E-state index in [9.17, 15) is 0 Å². The summed E-state index contributed by atoms with van der Waals surface area (Å²) in [4.78, 5) is 35.7. The molecule has 33 heavy (non-hydrogen) atoms. The van der Waals surface area contributed by atoms with E-state index in [0.29, 0.717) is 17.8 Å². The number of ether oxygens (including phenoxy) is 6. The highest BCUT2D eigenvalue weighted by atomic mass is 16.5. The van der Waals surface area contributed by atoms with E-state index in [0.717, 1.165) is 0 Å². The van der Waals surface area contributed by atoms with Crippen LogP contribution in [0.4, 0.5) is 22.6 Å². The quantitative estimate of drug-likeness (QED) is 0.283. The van der Waals surface area contributed by atoms with Crippen LogP contribution in [0.2, 0.25) is 0 Å². The fraction of sp³-hybridized carbons (Fsp3) is 0.706. The zero-order chi connectivity index (χ0) is 25.6. The van der Waals surface area contributed by atoms with Crippen LogP contribution in [0.5, 0.6) is 0 Å². The Labute approximate surface area is 193 Å². The first-order valence-electron chi connectivity index (χ1n) is 9.16. The predicted octanol–water partition coefficient (Wildman–Crippen LogP) is -1.25. The Morgan fingerprint density at radius 1 is 0.606 bits per heavy atom. The van der Waals surface area contributed by atoms with E-state index in [-0.39, 0.29) is 40.4 Å². The largest absolute Gasteiger partial charge is 0.364 e. The topological polar surface area (TPSA) is 190 Å². The van der Waals surface area contributed by atoms with Crippen LogP contribution in [0.25, 0.3) is 0 Å². The van der Waals surface area contributed by atoms with Crippen LogP contribution >= 0.6 is 0 Å². The Hall–Kier alpha value is -2.89. The molecule has 0 fully saturated rings. The Bertz CT molecular complexity index is 525. The first-order valence-corrected chi connectivity index (χ1v) is 9.16. The van der Waals surface area contributed by atoms with Crippen molar-refractivity contribution in [3.05, 3.63) is 0 Å². The van der Waals surface area contributed by atoms with Gasteiger partial charge in [0.05, 0.1) is 0 Å². The summed E-state index contributed by atoms with van der Waals surface area (Å²) < 4.78 is 31.3. The molecule has 192 valence electrons. The van der Waals surface area contributed by atoms with Crippen LogP contribution in [0.1, 0.15) is 0 Å². The molecule has 16 heteroatoms. The van der Waals surface area contributed by atoms with Gasteiger partial charge in [0.2, 0.25) is 17.8 Å². The molecule has 1 heterocycles. The van der Waals surface area contributed by atoms with E-state index in [2.05, 4.69) is 26.4 Å². The van der Waals surface area contributed by atoms with Gasteiger partial charge in [-0.1, -0.05) is 0 Å². The molecule has 0 bridgehead atoms. The molecule has 0 radical (unpaired) electrons. The smallest absolute Gasteiger partial charge is 0.309 e. The zero-order valence-corrected chi connectivity index (χ0v) is 20.1. The Morgan fingerprint density at radius 2 is 0.758 bits per heavy atom. The second kappa shape index (κ2) is 21.0. The molecule has 4 N–H and O–H groups in total. The summed E-state index contributed by atoms with van der Waals surface area (Å²) in [5.74, 6) is 1.11. The van der Waals surface area contributed by atoms with Gasteiger partial charge in [-0.15, -0.1) is 0 Å². The molecule has 0 aromatic carbocycles. The van der Waals surface area contributed by atoms with Crippen molar-refractivity contribution >= 4 is 30.7 Å². The van der Waals surface area contributed by atoms with Gasteiger partial charge in [0.15, 0.2) is 0 Å². The van der Waals surface area contributed by atoms with E-state index < -0.39 is 6.03 Å². The van der Waals surface area contributed by atoms with Crippen LogP contribution in [0, 0.1) is 0 Å². The monoisotopic (exact) mass is 480 g/mol. The van der Waals surface area contributed by atoms with Crippen molar-refractivity contribution in [2.45, 2.75) is 0 Å². The van der Waals surface area contributed by atoms with Gasteiger partial charge in [-0.25, -0.2) is 4.79 Å². The third-order valence-corrected chi connectivity index (χ3v) is 3.16. The van der Waals surface area contributed by atoms with Gasteiger partial charge in [-0.2, -0.15) is 15.0 Å². The van der Waals surface area contributed by atoms with Crippen molar-refractivity contribution in [1.82, 2.24) is 15.0 Å². The maximum atomic E-state index is 9.00. The number of nitrogens with zero attached hydrogens (tertiary/aromatic N) is 6. The number of urea groups is 1. The van der Waals surface area contributed by atoms with Crippen molar-refractivity contribution in [2.24, 2.45) is 11.5 Å². The maximum absolute atomic E-state index is 9.00. The van der Waals surface area contributed by atoms with Gasteiger partial charge in [0.25, 0.3) is 0 Å². The number of amides is 2. The molecule has 2 amide bonds.